The van der Waals surface area contributed by atoms with Crippen LogP contribution in [0.3, 0.4) is 0 Å². The molecule has 0 bridgehead atoms. The largest absolute Gasteiger partial charge is 0.347 e. The number of hydrogen-bond acceptors (Lipinski definition) is 2. The number of fused-ring (bicyclic) bond motifs is 1. The molecule has 1 unspecified atom stereocenters. The smallest absolute Gasteiger partial charge is 0.174 e. The molecule has 0 saturated heterocycles. The van der Waals surface area contributed by atoms with Crippen molar-refractivity contribution in [1.82, 2.24) is 4.90 Å². The van der Waals surface area contributed by atoms with Gasteiger partial charge in [-0.1, -0.05) is 54.9 Å². The highest BCUT2D eigenvalue weighted by Crippen LogP contribution is 2.44. The van der Waals surface area contributed by atoms with E-state index in [0.717, 1.165) is 23.6 Å². The highest BCUT2D eigenvalue weighted by Gasteiger charge is 2.44. The molecule has 0 spiro atoms. The van der Waals surface area contributed by atoms with E-state index in [2.05, 4.69) is 49.2 Å². The van der Waals surface area contributed by atoms with E-state index in [1.807, 2.05) is 18.2 Å². The first-order chi connectivity index (χ1) is 10.2. The minimum absolute atomic E-state index is 0.530. The van der Waals surface area contributed by atoms with E-state index in [9.17, 15) is 0 Å². The van der Waals surface area contributed by atoms with Gasteiger partial charge in [0.15, 0.2) is 5.72 Å². The van der Waals surface area contributed by atoms with Gasteiger partial charge in [-0.2, -0.15) is 0 Å². The molecule has 0 aliphatic carbocycles. The highest BCUT2D eigenvalue weighted by atomic mass is 35.5. The summed E-state index contributed by atoms with van der Waals surface area (Å²) in [7, 11) is 2.12. The van der Waals surface area contributed by atoms with Crippen molar-refractivity contribution < 1.29 is 4.74 Å². The van der Waals surface area contributed by atoms with Crippen molar-refractivity contribution in [3.63, 3.8) is 0 Å². The Kier molecular flexibility index (Phi) is 4.03. The maximum atomic E-state index is 6.33. The van der Waals surface area contributed by atoms with Crippen LogP contribution in [0.5, 0.6) is 0 Å². The Balaban J connectivity index is 2.18. The first-order valence-electron chi connectivity index (χ1n) is 7.38. The van der Waals surface area contributed by atoms with Crippen LogP contribution in [0.4, 0.5) is 0 Å². The van der Waals surface area contributed by atoms with Gasteiger partial charge in [-0.3, -0.25) is 4.90 Å². The molecule has 3 heteroatoms. The Morgan fingerprint density at radius 1 is 1.19 bits per heavy atom. The van der Waals surface area contributed by atoms with Crippen molar-refractivity contribution in [2.75, 3.05) is 13.6 Å². The molecule has 1 heterocycles. The van der Waals surface area contributed by atoms with E-state index in [-0.39, 0.29) is 0 Å². The van der Waals surface area contributed by atoms with Crippen LogP contribution in [0.15, 0.2) is 48.5 Å². The lowest BCUT2D eigenvalue weighted by Crippen LogP contribution is -2.45. The molecule has 3 rings (SSSR count). The average Bonchev–Trinajstić information content (AvgIpc) is 2.88. The maximum absolute atomic E-state index is 6.33. The van der Waals surface area contributed by atoms with Gasteiger partial charge in [0, 0.05) is 22.7 Å². The van der Waals surface area contributed by atoms with E-state index in [0.29, 0.717) is 6.61 Å². The van der Waals surface area contributed by atoms with E-state index in [4.69, 9.17) is 16.3 Å². The van der Waals surface area contributed by atoms with Crippen molar-refractivity contribution in [3.05, 3.63) is 70.2 Å². The predicted molar refractivity (Wildman–Crippen MR) is 86.4 cm³/mol. The van der Waals surface area contributed by atoms with E-state index in [1.54, 1.807) is 0 Å². The van der Waals surface area contributed by atoms with Gasteiger partial charge < -0.3 is 4.74 Å². The molecule has 1 aliphatic heterocycles. The molecule has 0 aromatic heterocycles. The van der Waals surface area contributed by atoms with E-state index < -0.39 is 5.72 Å². The predicted octanol–water partition coefficient (Wildman–Crippen LogP) is 4.41. The molecule has 0 fully saturated rings. The van der Waals surface area contributed by atoms with Gasteiger partial charge in [-0.25, -0.2) is 0 Å². The van der Waals surface area contributed by atoms with Gasteiger partial charge >= 0.3 is 0 Å². The summed E-state index contributed by atoms with van der Waals surface area (Å²) < 4.78 is 6.33. The Labute approximate surface area is 131 Å². The zero-order valence-electron chi connectivity index (χ0n) is 12.5. The molecule has 0 N–H and O–H groups in total. The molecule has 0 saturated carbocycles. The van der Waals surface area contributed by atoms with Crippen LogP contribution in [-0.4, -0.2) is 18.5 Å². The molecule has 110 valence electrons. The molecule has 2 aromatic rings. The Morgan fingerprint density at radius 2 is 2.00 bits per heavy atom. The Morgan fingerprint density at radius 3 is 2.76 bits per heavy atom. The van der Waals surface area contributed by atoms with Crippen LogP contribution < -0.4 is 0 Å². The van der Waals surface area contributed by atoms with Crippen molar-refractivity contribution in [1.29, 1.82) is 0 Å². The second kappa shape index (κ2) is 5.80. The second-order valence-electron chi connectivity index (χ2n) is 5.52. The Hall–Kier alpha value is -1.35. The van der Waals surface area contributed by atoms with Crippen LogP contribution in [0.2, 0.25) is 5.02 Å². The molecule has 1 atom stereocenters. The highest BCUT2D eigenvalue weighted by molar-refractivity contribution is 6.30. The third-order valence-corrected chi connectivity index (χ3v) is 4.37. The van der Waals surface area contributed by atoms with Crippen molar-refractivity contribution in [2.45, 2.75) is 25.7 Å². The lowest BCUT2D eigenvalue weighted by molar-refractivity contribution is -0.113. The van der Waals surface area contributed by atoms with E-state index >= 15 is 0 Å². The summed E-state index contributed by atoms with van der Waals surface area (Å²) in [4.78, 5) is 2.28. The summed E-state index contributed by atoms with van der Waals surface area (Å²) in [5, 5.41) is 0.741. The van der Waals surface area contributed by atoms with Crippen molar-refractivity contribution in [3.8, 4) is 0 Å². The summed E-state index contributed by atoms with van der Waals surface area (Å²) >= 11 is 6.22. The molecule has 21 heavy (non-hydrogen) atoms. The fourth-order valence-corrected chi connectivity index (χ4v) is 3.39. The first-order valence-corrected chi connectivity index (χ1v) is 7.76. The fourth-order valence-electron chi connectivity index (χ4n) is 3.20. The van der Waals surface area contributed by atoms with Crippen LogP contribution in [-0.2, 0) is 17.1 Å². The summed E-state index contributed by atoms with van der Waals surface area (Å²) in [6.07, 6.45) is 1.07. The second-order valence-corrected chi connectivity index (χ2v) is 5.96. The number of ether oxygens (including phenoxy) is 1. The van der Waals surface area contributed by atoms with Crippen LogP contribution >= 0.6 is 11.6 Å². The molecule has 0 radical (unpaired) electrons. The summed E-state index contributed by atoms with van der Waals surface area (Å²) in [5.41, 5.74) is 3.04. The molecule has 2 aromatic carbocycles. The summed E-state index contributed by atoms with van der Waals surface area (Å²) in [6, 6.07) is 16.4. The third kappa shape index (κ3) is 2.38. The normalized spacial score (nSPS) is 20.8. The Bertz CT molecular complexity index is 643. The lowest BCUT2D eigenvalue weighted by atomic mass is 9.91. The van der Waals surface area contributed by atoms with Gasteiger partial charge in [0.1, 0.15) is 0 Å². The van der Waals surface area contributed by atoms with Crippen LogP contribution in [0, 0.1) is 0 Å². The number of halogens is 1. The number of rotatable bonds is 4. The number of benzene rings is 2. The topological polar surface area (TPSA) is 12.5 Å². The summed E-state index contributed by atoms with van der Waals surface area (Å²) in [6.45, 7) is 3.78. The van der Waals surface area contributed by atoms with Crippen molar-refractivity contribution >= 4 is 11.6 Å². The quantitative estimate of drug-likeness (QED) is 0.829. The van der Waals surface area contributed by atoms with E-state index in [1.165, 1.54) is 11.1 Å². The summed E-state index contributed by atoms with van der Waals surface area (Å²) in [5.74, 6) is 0. The molecular formula is C18H20ClNO. The SMILES string of the molecule is CCCN(C)C1(c2cccc(Cl)c2)OCc2ccccc21. The zero-order valence-corrected chi connectivity index (χ0v) is 13.2. The minimum atomic E-state index is -0.530. The lowest BCUT2D eigenvalue weighted by Gasteiger charge is -2.39. The zero-order chi connectivity index (χ0) is 14.9. The van der Waals surface area contributed by atoms with Crippen LogP contribution in [0.1, 0.15) is 30.0 Å². The van der Waals surface area contributed by atoms with Gasteiger partial charge in [-0.05, 0) is 31.2 Å². The van der Waals surface area contributed by atoms with Gasteiger partial charge in [0.2, 0.25) is 0 Å². The minimum Gasteiger partial charge on any atom is -0.347 e. The molecule has 1 aliphatic rings. The molecule has 2 nitrogen and oxygen atoms in total. The van der Waals surface area contributed by atoms with Gasteiger partial charge in [-0.15, -0.1) is 0 Å². The monoisotopic (exact) mass is 301 g/mol. The number of nitrogens with zero attached hydrogens (tertiary/aromatic N) is 1. The van der Waals surface area contributed by atoms with Gasteiger partial charge in [0.25, 0.3) is 0 Å². The molecular weight excluding hydrogens is 282 g/mol. The maximum Gasteiger partial charge on any atom is 0.174 e. The van der Waals surface area contributed by atoms with Crippen LogP contribution in [0.25, 0.3) is 0 Å². The fraction of sp³-hybridized carbons (Fsp3) is 0.333. The number of hydrogen-bond donors (Lipinski definition) is 0. The first kappa shape index (κ1) is 14.6. The third-order valence-electron chi connectivity index (χ3n) is 4.13. The van der Waals surface area contributed by atoms with Crippen molar-refractivity contribution in [2.24, 2.45) is 0 Å². The molecule has 0 amide bonds. The van der Waals surface area contributed by atoms with Gasteiger partial charge in [0.05, 0.1) is 6.61 Å². The standard InChI is InChI=1S/C18H20ClNO/c1-3-11-20(2)18(15-8-6-9-16(19)12-15)17-10-5-4-7-14(17)13-21-18/h4-10,12H,3,11,13H2,1-2H3. The average molecular weight is 302 g/mol.